The Kier molecular flexibility index (Phi) is 38.6. The Morgan fingerprint density at radius 3 is 1.72 bits per heavy atom. The van der Waals surface area contributed by atoms with E-state index in [2.05, 4.69) is 52.8 Å². The molecule has 0 aliphatic carbocycles. The molecule has 0 spiro atoms. The van der Waals surface area contributed by atoms with Crippen molar-refractivity contribution in [1.29, 1.82) is 0 Å². The van der Waals surface area contributed by atoms with Crippen LogP contribution in [0.1, 0.15) is 132 Å². The monoisotopic (exact) mass is 1570 g/mol. The van der Waals surface area contributed by atoms with Crippen molar-refractivity contribution in [3.8, 4) is 0 Å². The molecule has 22 N–H and O–H groups in total. The van der Waals surface area contributed by atoms with Crippen molar-refractivity contribution in [3.63, 3.8) is 0 Å². The van der Waals surface area contributed by atoms with E-state index in [1.807, 2.05) is 10.6 Å². The number of hydrogen-bond donors (Lipinski definition) is 19. The fraction of sp³-hybridized carbons (Fsp3) is 0.603. The summed E-state index contributed by atoms with van der Waals surface area (Å²) >= 11 is 0. The van der Waals surface area contributed by atoms with Gasteiger partial charge in [-0.1, -0.05) is 104 Å². The number of carbonyl (C=O) groups is 14. The lowest BCUT2D eigenvalue weighted by molar-refractivity contribution is -0.384. The van der Waals surface area contributed by atoms with Crippen LogP contribution in [0.25, 0.3) is 0 Å². The molecule has 1 heterocycles. The van der Waals surface area contributed by atoms with Gasteiger partial charge in [0.15, 0.2) is 24.2 Å². The molecule has 1 fully saturated rings. The molecule has 1 aliphatic heterocycles. The molecular weight excluding hydrogens is 1470 g/mol. The first-order valence-electron chi connectivity index (χ1n) is 34.8. The second-order valence-corrected chi connectivity index (χ2v) is 27.9. The summed E-state index contributed by atoms with van der Waals surface area (Å²) < 4.78 is 43.1. The van der Waals surface area contributed by atoms with Gasteiger partial charge in [-0.25, -0.2) is 14.4 Å². The number of rotatable bonds is 25. The first-order chi connectivity index (χ1) is 51.0. The minimum atomic E-state index is -5.08. The summed E-state index contributed by atoms with van der Waals surface area (Å²) in [5, 5.41) is 89.6. The summed E-state index contributed by atoms with van der Waals surface area (Å²) in [5.74, 6) is -21.3. The van der Waals surface area contributed by atoms with Gasteiger partial charge in [-0.15, -0.1) is 0 Å². The van der Waals surface area contributed by atoms with Crippen molar-refractivity contribution >= 4 is 94.7 Å². The van der Waals surface area contributed by atoms with Gasteiger partial charge in [0.2, 0.25) is 65.0 Å². The fourth-order valence-corrected chi connectivity index (χ4v) is 10.3. The molecule has 0 saturated carbocycles. The molecule has 0 bridgehead atoms. The highest BCUT2D eigenvalue weighted by Gasteiger charge is 2.45. The maximum atomic E-state index is 15.7. The van der Waals surface area contributed by atoms with Crippen molar-refractivity contribution in [1.82, 2.24) is 58.5 Å². The highest BCUT2D eigenvalue weighted by molar-refractivity contribution is 6.00. The summed E-state index contributed by atoms with van der Waals surface area (Å²) in [6.07, 6.45) is -15.5. The third-order valence-electron chi connectivity index (χ3n) is 16.2. The number of carbonyl (C=O) groups excluding carboxylic acids is 13. The summed E-state index contributed by atoms with van der Waals surface area (Å²) in [6, 6.07) is -7.88. The Bertz CT molecular complexity index is 3540. The lowest BCUT2D eigenvalue weighted by atomic mass is 9.95. The van der Waals surface area contributed by atoms with E-state index in [0.717, 1.165) is 19.1 Å². The number of non-ortho nitro benzene ring substituents is 1. The summed E-state index contributed by atoms with van der Waals surface area (Å²) in [5.41, 5.74) is 15.0. The minimum Gasteiger partial charge on any atom is -0.475 e. The van der Waals surface area contributed by atoms with Gasteiger partial charge < -0.3 is 111 Å². The van der Waals surface area contributed by atoms with Gasteiger partial charge in [0.05, 0.1) is 30.3 Å². The Balaban J connectivity index is 0.00000557. The number of primary amides is 1. The maximum Gasteiger partial charge on any atom is 0.490 e. The number of alkyl carbamates (subject to hydrolysis) is 1. The summed E-state index contributed by atoms with van der Waals surface area (Å²) in [4.78, 5) is 210. The molecule has 2 aromatic carbocycles. The van der Waals surface area contributed by atoms with Crippen molar-refractivity contribution in [2.75, 3.05) is 19.7 Å². The van der Waals surface area contributed by atoms with Crippen molar-refractivity contribution in [2.45, 2.75) is 218 Å². The number of nitro groups is 1. The number of guanidine groups is 1. The molecule has 15 atom stereocenters. The van der Waals surface area contributed by atoms with Crippen molar-refractivity contribution in [3.05, 3.63) is 75.8 Å². The average molecular weight is 1570 g/mol. The van der Waals surface area contributed by atoms with Crippen molar-refractivity contribution in [2.24, 2.45) is 45.9 Å². The van der Waals surface area contributed by atoms with Crippen LogP contribution in [0.5, 0.6) is 0 Å². The molecule has 0 aromatic heterocycles. The second kappa shape index (κ2) is 44.6. The number of hydrogen-bond acceptors (Lipinski definition) is 23. The van der Waals surface area contributed by atoms with Gasteiger partial charge in [0.1, 0.15) is 60.0 Å². The Morgan fingerprint density at radius 2 is 1.22 bits per heavy atom. The zero-order valence-corrected chi connectivity index (χ0v) is 62.8. The number of aliphatic hydroxyl groups is 4. The molecule has 39 nitrogen and oxygen atoms in total. The van der Waals surface area contributed by atoms with Gasteiger partial charge >= 0.3 is 24.2 Å². The van der Waals surface area contributed by atoms with E-state index in [1.165, 1.54) is 56.3 Å². The number of nitro benzene ring substituents is 1. The van der Waals surface area contributed by atoms with E-state index < -0.39 is 222 Å². The second-order valence-electron chi connectivity index (χ2n) is 27.9. The number of nitrogens with one attached hydrogen (secondary N) is 11. The number of benzene rings is 2. The van der Waals surface area contributed by atoms with Crippen molar-refractivity contribution < 1.29 is 120 Å². The Morgan fingerprint density at radius 1 is 0.682 bits per heavy atom. The molecule has 0 unspecified atom stereocenters. The van der Waals surface area contributed by atoms with Crippen LogP contribution >= 0.6 is 0 Å². The zero-order valence-electron chi connectivity index (χ0n) is 62.8. The van der Waals surface area contributed by atoms with Crippen LogP contribution in [0.4, 0.5) is 23.7 Å². The van der Waals surface area contributed by atoms with Crippen LogP contribution in [0.3, 0.4) is 0 Å². The zero-order chi connectivity index (χ0) is 84.0. The molecule has 3 rings (SSSR count). The first kappa shape index (κ1) is 95.2. The number of nitrogens with two attached hydrogens (primary N) is 3. The number of halogens is 3. The maximum absolute atomic E-state index is 15.7. The quantitative estimate of drug-likeness (QED) is 0.0117. The van der Waals surface area contributed by atoms with E-state index in [4.69, 9.17) is 36.6 Å². The molecule has 0 radical (unpaired) electrons. The predicted octanol–water partition coefficient (Wildman–Crippen LogP) is -3.13. The number of nitrogens with zero attached hydrogens (tertiary/aromatic N) is 2. The van der Waals surface area contributed by atoms with Gasteiger partial charge in [-0.3, -0.25) is 67.8 Å². The van der Waals surface area contributed by atoms with Crippen LogP contribution in [0, 0.1) is 33.8 Å². The molecular formula is C68H103F3N16O23. The number of aliphatic imine (C=N–C) groups is 1. The number of carboxylic acid groups (broad SMARTS) is 1. The fourth-order valence-electron chi connectivity index (χ4n) is 10.3. The van der Waals surface area contributed by atoms with Crippen LogP contribution in [-0.2, 0) is 78.2 Å². The smallest absolute Gasteiger partial charge is 0.475 e. The summed E-state index contributed by atoms with van der Waals surface area (Å²) in [6.45, 7) is 16.0. The highest BCUT2D eigenvalue weighted by atomic mass is 19.4. The lowest BCUT2D eigenvalue weighted by Gasteiger charge is -2.33. The Labute approximate surface area is 630 Å². The molecule has 110 heavy (non-hydrogen) atoms. The molecule has 614 valence electrons. The SMILES string of the molecule is CC[C@H](C)[C@@H]1NC(=O)[C@@H](CCCN=C(N)N)NC(=O)[C@H](CC(C)C)NC(=O)[C@H]([C@H](O)C(C)C)NC(=O)[C@@H](NC(=O)[C@H](Cc2ccc([N+](=O)[O-])cc2)NC(=O)[C@@H](CC(C)C)NC(=O)OC(C)(C)C)[C@@H](c2ccccc2)OC(=O)[C@H](CO)NC(=O)[C@H]([C@H](O)C(N)=O)NC(=O)CNC(=O)[C@H]([C@H](C)O)NC1=O.O=C(O)C(F)(F)F. The van der Waals surface area contributed by atoms with E-state index >= 15 is 14.4 Å². The first-order valence-corrected chi connectivity index (χ1v) is 34.8. The lowest BCUT2D eigenvalue weighted by Crippen LogP contribution is -2.64. The van der Waals surface area contributed by atoms with E-state index in [1.54, 1.807) is 62.3 Å². The van der Waals surface area contributed by atoms with E-state index in [9.17, 15) is 91.7 Å². The number of carboxylic acids is 1. The predicted molar refractivity (Wildman–Crippen MR) is 382 cm³/mol. The molecule has 42 heteroatoms. The molecule has 12 amide bonds. The van der Waals surface area contributed by atoms with E-state index in [0.29, 0.717) is 0 Å². The average Bonchev–Trinajstić information content (AvgIpc) is 0.808. The van der Waals surface area contributed by atoms with Crippen LogP contribution < -0.4 is 75.7 Å². The van der Waals surface area contributed by atoms with Crippen LogP contribution in [0.2, 0.25) is 0 Å². The highest BCUT2D eigenvalue weighted by Crippen LogP contribution is 2.26. The third-order valence-corrected chi connectivity index (χ3v) is 16.2. The van der Waals surface area contributed by atoms with Gasteiger partial charge in [0.25, 0.3) is 5.69 Å². The topological polar surface area (TPSA) is 624 Å². The number of aliphatic carboxylic acids is 1. The number of esters is 1. The van der Waals surface area contributed by atoms with E-state index in [-0.39, 0.29) is 67.3 Å². The van der Waals surface area contributed by atoms with Gasteiger partial charge in [0, 0.05) is 25.1 Å². The van der Waals surface area contributed by atoms with Crippen LogP contribution in [-0.4, -0.2) is 230 Å². The minimum absolute atomic E-state index is 0.00286. The Hall–Kier alpha value is -10.9. The molecule has 1 saturated heterocycles. The van der Waals surface area contributed by atoms with Crippen LogP contribution in [0.15, 0.2) is 59.6 Å². The normalized spacial score (nSPS) is 22.3. The molecule has 2 aromatic rings. The van der Waals surface area contributed by atoms with Gasteiger partial charge in [-0.05, 0) is 88.2 Å². The number of alkyl halides is 3. The third kappa shape index (κ3) is 32.5. The van der Waals surface area contributed by atoms with Gasteiger partial charge in [-0.2, -0.15) is 13.2 Å². The molecule has 1 aliphatic rings. The standard InChI is InChI=1S/C66H102N16O21.C2HF3O2/c1-13-34(8)45-59(94)79-46(35(9)84)58(93)71-29-44(85)77-48(51(87)53(67)88)61(96)75-43(30-83)63(98)102-52(37-18-15-14-16-19-37)49(81-57(92)42(28-36-21-23-38(24-22-36)82(100)101)73-56(91)41(27-32(4)5)76-65(99)103-66(10,11)12)62(97)80-47(50(86)33(6)7)60(95)74-40(26-31(2)3)55(90)72-39(54(89)78-45)20-17-25-70-64(68)69;3-2(4,5)1(6)7/h14-16,18-19,21-24,31-35,39-43,45-52,83-84,86-87H,13,17,20,25-30H2,1-12H3,(H2,67,88)(H,71,93)(H,72,90)(H,73,91)(H,74,95)(H,75,96)(H,76,99)(H,77,85)(H,78,89)(H,79,94)(H,80,97)(H,81,92)(H4,68,69,70);(H,6,7)/t34-,35-,39+,40-,41+,42-,43-,45-,46-,47-,48-,49-,50+,51-,52+;/m0./s1. The number of cyclic esters (lactones) is 1. The largest absolute Gasteiger partial charge is 0.490 e. The number of amides is 12. The summed E-state index contributed by atoms with van der Waals surface area (Å²) in [7, 11) is 0. The number of aliphatic hydroxyl groups excluding tert-OH is 4. The number of ether oxygens (including phenoxy) is 2.